The first kappa shape index (κ1) is 15.7. The van der Waals surface area contributed by atoms with Gasteiger partial charge >= 0.3 is 0 Å². The number of hydrogen-bond donors (Lipinski definition) is 1. The van der Waals surface area contributed by atoms with Gasteiger partial charge in [0, 0.05) is 19.3 Å². The average molecular weight is 312 g/mol. The van der Waals surface area contributed by atoms with Crippen LogP contribution in [0.4, 0.5) is 0 Å². The molecule has 1 aromatic heterocycles. The average Bonchev–Trinajstić information content (AvgIpc) is 3.05. The molecule has 1 N–H and O–H groups in total. The van der Waals surface area contributed by atoms with Gasteiger partial charge in [-0.15, -0.1) is 0 Å². The summed E-state index contributed by atoms with van der Waals surface area (Å²) in [6.45, 7) is 5.76. The number of carbonyl (C=O) groups excluding carboxylic acids is 1. The van der Waals surface area contributed by atoms with Gasteiger partial charge in [-0.25, -0.2) is 0 Å². The topological polar surface area (TPSA) is 45.3 Å². The van der Waals surface area contributed by atoms with E-state index in [1.807, 2.05) is 55.3 Å². The quantitative estimate of drug-likeness (QED) is 0.924. The third-order valence-electron chi connectivity index (χ3n) is 4.12. The number of rotatable bonds is 4. The number of likely N-dealkylation sites (tertiary alicyclic amines) is 1. The van der Waals surface area contributed by atoms with Gasteiger partial charge in [-0.05, 0) is 62.4 Å². The summed E-state index contributed by atoms with van der Waals surface area (Å²) >= 11 is 0. The number of amides is 1. The Morgan fingerprint density at radius 2 is 1.78 bits per heavy atom. The summed E-state index contributed by atoms with van der Waals surface area (Å²) in [5, 5.41) is 0. The van der Waals surface area contributed by atoms with Crippen molar-refractivity contribution < 1.29 is 9.53 Å². The number of aromatic nitrogens is 1. The lowest BCUT2D eigenvalue weighted by Crippen LogP contribution is -2.35. The Balaban J connectivity index is 1.72. The fraction of sp³-hybridized carbons (Fsp3) is 0.421. The second-order valence-corrected chi connectivity index (χ2v) is 6.35. The summed E-state index contributed by atoms with van der Waals surface area (Å²) in [7, 11) is 0. The number of nitrogens with zero attached hydrogens (tertiary/aromatic N) is 1. The molecule has 1 fully saturated rings. The molecule has 0 aliphatic carbocycles. The molecule has 2 heterocycles. The van der Waals surface area contributed by atoms with Crippen molar-refractivity contribution in [2.24, 2.45) is 0 Å². The van der Waals surface area contributed by atoms with Crippen LogP contribution in [0.1, 0.15) is 43.6 Å². The van der Waals surface area contributed by atoms with Crippen molar-refractivity contribution in [2.75, 3.05) is 13.1 Å². The molecule has 4 nitrogen and oxygen atoms in total. The SMILES string of the molecule is CC(C)Oc1ccc(-c2c[nH]c(C(=O)N3CCCCC3)c2)cc1. The van der Waals surface area contributed by atoms with Crippen LogP contribution in [0.3, 0.4) is 0 Å². The Bertz CT molecular complexity index is 652. The molecule has 1 amide bonds. The third-order valence-corrected chi connectivity index (χ3v) is 4.12. The van der Waals surface area contributed by atoms with Crippen LogP contribution in [0.15, 0.2) is 36.5 Å². The predicted molar refractivity (Wildman–Crippen MR) is 91.7 cm³/mol. The lowest BCUT2D eigenvalue weighted by atomic mass is 10.1. The minimum Gasteiger partial charge on any atom is -0.491 e. The van der Waals surface area contributed by atoms with Crippen molar-refractivity contribution in [3.05, 3.63) is 42.2 Å². The first-order valence-corrected chi connectivity index (χ1v) is 8.38. The molecule has 2 aromatic rings. The molecule has 0 spiro atoms. The highest BCUT2D eigenvalue weighted by atomic mass is 16.5. The number of benzene rings is 1. The maximum atomic E-state index is 12.5. The lowest BCUT2D eigenvalue weighted by Gasteiger charge is -2.26. The van der Waals surface area contributed by atoms with Crippen molar-refractivity contribution in [1.82, 2.24) is 9.88 Å². The molecule has 0 radical (unpaired) electrons. The van der Waals surface area contributed by atoms with E-state index in [4.69, 9.17) is 4.74 Å². The first-order chi connectivity index (χ1) is 11.1. The molecule has 1 aliphatic rings. The van der Waals surface area contributed by atoms with Gasteiger partial charge in [0.15, 0.2) is 0 Å². The monoisotopic (exact) mass is 312 g/mol. The summed E-state index contributed by atoms with van der Waals surface area (Å²) in [6.07, 6.45) is 5.51. The fourth-order valence-electron chi connectivity index (χ4n) is 2.95. The third kappa shape index (κ3) is 3.76. The molecule has 1 aliphatic heterocycles. The molecule has 0 unspecified atom stereocenters. The van der Waals surface area contributed by atoms with Crippen molar-refractivity contribution in [2.45, 2.75) is 39.2 Å². The number of ether oxygens (including phenoxy) is 1. The van der Waals surface area contributed by atoms with E-state index >= 15 is 0 Å². The van der Waals surface area contributed by atoms with Crippen LogP contribution in [-0.4, -0.2) is 35.0 Å². The largest absolute Gasteiger partial charge is 0.491 e. The smallest absolute Gasteiger partial charge is 0.270 e. The number of piperidine rings is 1. The number of aromatic amines is 1. The van der Waals surface area contributed by atoms with Crippen molar-refractivity contribution >= 4 is 5.91 Å². The molecule has 4 heteroatoms. The van der Waals surface area contributed by atoms with Crippen LogP contribution in [0, 0.1) is 0 Å². The zero-order chi connectivity index (χ0) is 16.2. The summed E-state index contributed by atoms with van der Waals surface area (Å²) in [5.41, 5.74) is 2.78. The standard InChI is InChI=1S/C19H24N2O2/c1-14(2)23-17-8-6-15(7-9-17)16-12-18(20-13-16)19(22)21-10-4-3-5-11-21/h6-9,12-14,20H,3-5,10-11H2,1-2H3. The van der Waals surface area contributed by atoms with Crippen LogP contribution in [0.2, 0.25) is 0 Å². The molecule has 3 rings (SSSR count). The van der Waals surface area contributed by atoms with Crippen molar-refractivity contribution in [3.8, 4) is 16.9 Å². The van der Waals surface area contributed by atoms with Gasteiger partial charge in [0.05, 0.1) is 6.10 Å². The van der Waals surface area contributed by atoms with E-state index in [1.54, 1.807) is 0 Å². The van der Waals surface area contributed by atoms with Gasteiger partial charge in [-0.3, -0.25) is 4.79 Å². The Kier molecular flexibility index (Phi) is 4.70. The zero-order valence-electron chi connectivity index (χ0n) is 13.8. The Morgan fingerprint density at radius 3 is 2.43 bits per heavy atom. The molecule has 1 aromatic carbocycles. The van der Waals surface area contributed by atoms with E-state index in [0.29, 0.717) is 5.69 Å². The van der Waals surface area contributed by atoms with Crippen LogP contribution < -0.4 is 4.74 Å². The number of hydrogen-bond acceptors (Lipinski definition) is 2. The summed E-state index contributed by atoms with van der Waals surface area (Å²) in [4.78, 5) is 17.6. The lowest BCUT2D eigenvalue weighted by molar-refractivity contribution is 0.0719. The summed E-state index contributed by atoms with van der Waals surface area (Å²) in [6, 6.07) is 9.92. The van der Waals surface area contributed by atoms with Gasteiger partial charge in [-0.2, -0.15) is 0 Å². The van der Waals surface area contributed by atoms with E-state index in [-0.39, 0.29) is 12.0 Å². The first-order valence-electron chi connectivity index (χ1n) is 8.38. The highest BCUT2D eigenvalue weighted by molar-refractivity contribution is 5.94. The molecule has 122 valence electrons. The van der Waals surface area contributed by atoms with Crippen LogP contribution >= 0.6 is 0 Å². The minimum absolute atomic E-state index is 0.107. The van der Waals surface area contributed by atoms with Gasteiger partial charge in [0.1, 0.15) is 11.4 Å². The van der Waals surface area contributed by atoms with Gasteiger partial charge < -0.3 is 14.6 Å². The van der Waals surface area contributed by atoms with Crippen molar-refractivity contribution in [3.63, 3.8) is 0 Å². The molecular weight excluding hydrogens is 288 g/mol. The highest BCUT2D eigenvalue weighted by Gasteiger charge is 2.19. The Morgan fingerprint density at radius 1 is 1.09 bits per heavy atom. The molecule has 0 bridgehead atoms. The fourth-order valence-corrected chi connectivity index (χ4v) is 2.95. The maximum absolute atomic E-state index is 12.5. The van der Waals surface area contributed by atoms with E-state index < -0.39 is 0 Å². The molecule has 0 atom stereocenters. The van der Waals surface area contributed by atoms with E-state index in [1.165, 1.54) is 6.42 Å². The summed E-state index contributed by atoms with van der Waals surface area (Å²) in [5.74, 6) is 0.972. The predicted octanol–water partition coefficient (Wildman–Crippen LogP) is 4.10. The molecule has 23 heavy (non-hydrogen) atoms. The van der Waals surface area contributed by atoms with Gasteiger partial charge in [0.25, 0.3) is 5.91 Å². The van der Waals surface area contributed by atoms with Crippen LogP contribution in [0.5, 0.6) is 5.75 Å². The van der Waals surface area contributed by atoms with E-state index in [0.717, 1.165) is 42.8 Å². The van der Waals surface area contributed by atoms with Gasteiger partial charge in [-0.1, -0.05) is 12.1 Å². The van der Waals surface area contributed by atoms with E-state index in [2.05, 4.69) is 4.98 Å². The highest BCUT2D eigenvalue weighted by Crippen LogP contribution is 2.24. The maximum Gasteiger partial charge on any atom is 0.270 e. The second kappa shape index (κ2) is 6.90. The Labute approximate surface area is 137 Å². The minimum atomic E-state index is 0.107. The zero-order valence-corrected chi connectivity index (χ0v) is 13.8. The van der Waals surface area contributed by atoms with Gasteiger partial charge in [0.2, 0.25) is 0 Å². The van der Waals surface area contributed by atoms with Crippen molar-refractivity contribution in [1.29, 1.82) is 0 Å². The summed E-state index contributed by atoms with van der Waals surface area (Å²) < 4.78 is 5.66. The van der Waals surface area contributed by atoms with Crippen LogP contribution in [0.25, 0.3) is 11.1 Å². The van der Waals surface area contributed by atoms with Crippen LogP contribution in [-0.2, 0) is 0 Å². The molecule has 1 saturated heterocycles. The number of nitrogens with one attached hydrogen (secondary N) is 1. The molecular formula is C19H24N2O2. The van der Waals surface area contributed by atoms with E-state index in [9.17, 15) is 4.79 Å². The number of H-pyrrole nitrogens is 1. The Hall–Kier alpha value is -2.23. The number of carbonyl (C=O) groups is 1. The normalized spacial score (nSPS) is 15.0. The second-order valence-electron chi connectivity index (χ2n) is 6.35. The molecule has 0 saturated carbocycles.